The van der Waals surface area contributed by atoms with Crippen molar-refractivity contribution in [2.24, 2.45) is 0 Å². The first-order chi connectivity index (χ1) is 9.84. The Labute approximate surface area is 129 Å². The van der Waals surface area contributed by atoms with Crippen molar-refractivity contribution in [1.82, 2.24) is 10.0 Å². The SMILES string of the molecule is CCNCc1sccc1S(=O)(=O)NC1CCS(=O)(=O)CC1. The van der Waals surface area contributed by atoms with E-state index in [0.717, 1.165) is 11.4 Å². The van der Waals surface area contributed by atoms with E-state index in [1.807, 2.05) is 6.92 Å². The van der Waals surface area contributed by atoms with Crippen LogP contribution in [0.5, 0.6) is 0 Å². The van der Waals surface area contributed by atoms with E-state index >= 15 is 0 Å². The van der Waals surface area contributed by atoms with Gasteiger partial charge < -0.3 is 5.32 Å². The fourth-order valence-electron chi connectivity index (χ4n) is 2.23. The van der Waals surface area contributed by atoms with Crippen LogP contribution < -0.4 is 10.0 Å². The molecule has 0 aromatic carbocycles. The Hall–Kier alpha value is -0.480. The number of sulfonamides is 1. The third kappa shape index (κ3) is 4.49. The third-order valence-electron chi connectivity index (χ3n) is 3.41. The van der Waals surface area contributed by atoms with Crippen molar-refractivity contribution in [3.05, 3.63) is 16.3 Å². The van der Waals surface area contributed by atoms with Gasteiger partial charge in [0.05, 0.1) is 16.4 Å². The van der Waals surface area contributed by atoms with Crippen LogP contribution in [-0.4, -0.2) is 40.9 Å². The van der Waals surface area contributed by atoms with Crippen molar-refractivity contribution in [1.29, 1.82) is 0 Å². The van der Waals surface area contributed by atoms with Crippen molar-refractivity contribution >= 4 is 31.2 Å². The standard InChI is InChI=1S/C12H20N2O4S3/c1-2-13-9-11-12(3-6-19-11)21(17,18)14-10-4-7-20(15,16)8-5-10/h3,6,10,13-14H,2,4-5,7-9H2,1H3. The molecule has 0 atom stereocenters. The molecule has 0 amide bonds. The lowest BCUT2D eigenvalue weighted by atomic mass is 10.2. The van der Waals surface area contributed by atoms with Crippen LogP contribution in [0, 0.1) is 0 Å². The van der Waals surface area contributed by atoms with Gasteiger partial charge in [-0.2, -0.15) is 0 Å². The topological polar surface area (TPSA) is 92.3 Å². The van der Waals surface area contributed by atoms with Crippen LogP contribution in [0.2, 0.25) is 0 Å². The van der Waals surface area contributed by atoms with E-state index in [1.54, 1.807) is 11.4 Å². The van der Waals surface area contributed by atoms with Gasteiger partial charge >= 0.3 is 0 Å². The molecule has 21 heavy (non-hydrogen) atoms. The van der Waals surface area contributed by atoms with Gasteiger partial charge in [0.2, 0.25) is 10.0 Å². The number of sulfone groups is 1. The summed E-state index contributed by atoms with van der Waals surface area (Å²) in [6, 6.07) is 1.30. The second-order valence-electron chi connectivity index (χ2n) is 5.04. The minimum absolute atomic E-state index is 0.0497. The number of nitrogens with one attached hydrogen (secondary N) is 2. The third-order valence-corrected chi connectivity index (χ3v) is 7.78. The summed E-state index contributed by atoms with van der Waals surface area (Å²) in [6.07, 6.45) is 0.683. The molecule has 0 aliphatic carbocycles. The van der Waals surface area contributed by atoms with Crippen LogP contribution in [0.15, 0.2) is 16.3 Å². The molecule has 0 bridgehead atoms. The van der Waals surface area contributed by atoms with Crippen molar-refractivity contribution in [2.45, 2.75) is 37.2 Å². The Balaban J connectivity index is 2.07. The smallest absolute Gasteiger partial charge is 0.241 e. The molecule has 1 fully saturated rings. The van der Waals surface area contributed by atoms with Crippen molar-refractivity contribution in [3.63, 3.8) is 0 Å². The molecule has 6 nitrogen and oxygen atoms in total. The van der Waals surface area contributed by atoms with E-state index in [1.165, 1.54) is 11.3 Å². The Morgan fingerprint density at radius 2 is 2.00 bits per heavy atom. The molecule has 1 aromatic heterocycles. The molecule has 9 heteroatoms. The molecule has 1 aliphatic heterocycles. The summed E-state index contributed by atoms with van der Waals surface area (Å²) in [5.74, 6) is 0.0993. The molecule has 2 N–H and O–H groups in total. The van der Waals surface area contributed by atoms with Gasteiger partial charge in [0, 0.05) is 17.5 Å². The number of hydrogen-bond acceptors (Lipinski definition) is 6. The quantitative estimate of drug-likeness (QED) is 0.787. The zero-order valence-electron chi connectivity index (χ0n) is 11.8. The summed E-state index contributed by atoms with van der Waals surface area (Å²) in [4.78, 5) is 1.06. The molecule has 0 spiro atoms. The van der Waals surface area contributed by atoms with Gasteiger partial charge in [-0.25, -0.2) is 21.6 Å². The second-order valence-corrected chi connectivity index (χ2v) is 10.0. The highest BCUT2D eigenvalue weighted by molar-refractivity contribution is 7.91. The molecule has 0 radical (unpaired) electrons. The highest BCUT2D eigenvalue weighted by Crippen LogP contribution is 2.23. The lowest BCUT2D eigenvalue weighted by Gasteiger charge is -2.22. The Morgan fingerprint density at radius 3 is 2.62 bits per heavy atom. The number of rotatable bonds is 6. The summed E-state index contributed by atoms with van der Waals surface area (Å²) in [6.45, 7) is 3.25. The van der Waals surface area contributed by atoms with E-state index in [2.05, 4.69) is 10.0 Å². The highest BCUT2D eigenvalue weighted by Gasteiger charge is 2.28. The van der Waals surface area contributed by atoms with E-state index in [-0.39, 0.29) is 17.5 Å². The first-order valence-electron chi connectivity index (χ1n) is 6.84. The summed E-state index contributed by atoms with van der Waals surface area (Å²) in [7, 11) is -6.58. The van der Waals surface area contributed by atoms with Gasteiger partial charge in [-0.1, -0.05) is 6.92 Å². The molecule has 0 unspecified atom stereocenters. The maximum Gasteiger partial charge on any atom is 0.241 e. The van der Waals surface area contributed by atoms with Gasteiger partial charge in [-0.15, -0.1) is 11.3 Å². The normalized spacial score (nSPS) is 19.7. The molecule has 1 aromatic rings. The Morgan fingerprint density at radius 1 is 1.33 bits per heavy atom. The van der Waals surface area contributed by atoms with Gasteiger partial charge in [0.15, 0.2) is 0 Å². The monoisotopic (exact) mass is 352 g/mol. The molecule has 1 saturated heterocycles. The lowest BCUT2D eigenvalue weighted by molar-refractivity contribution is 0.505. The fraction of sp³-hybridized carbons (Fsp3) is 0.667. The predicted octanol–water partition coefficient (Wildman–Crippen LogP) is 0.713. The Bertz CT molecular complexity index is 665. The van der Waals surface area contributed by atoms with E-state index in [0.29, 0.717) is 24.3 Å². The van der Waals surface area contributed by atoms with Crippen molar-refractivity contribution in [2.75, 3.05) is 18.1 Å². The first kappa shape index (κ1) is 16.9. The van der Waals surface area contributed by atoms with Crippen molar-refractivity contribution < 1.29 is 16.8 Å². The average Bonchev–Trinajstić information content (AvgIpc) is 2.88. The maximum atomic E-state index is 12.4. The Kier molecular flexibility index (Phi) is 5.42. The minimum Gasteiger partial charge on any atom is -0.312 e. The predicted molar refractivity (Wildman–Crippen MR) is 83.7 cm³/mol. The van der Waals surface area contributed by atoms with E-state index in [4.69, 9.17) is 0 Å². The molecule has 1 aliphatic rings. The van der Waals surface area contributed by atoms with Gasteiger partial charge in [0.1, 0.15) is 9.84 Å². The van der Waals surface area contributed by atoms with Crippen LogP contribution in [0.25, 0.3) is 0 Å². The van der Waals surface area contributed by atoms with Crippen LogP contribution >= 0.6 is 11.3 Å². The molecular formula is C12H20N2O4S3. The second kappa shape index (κ2) is 6.74. The largest absolute Gasteiger partial charge is 0.312 e. The maximum absolute atomic E-state index is 12.4. The minimum atomic E-state index is -3.59. The van der Waals surface area contributed by atoms with E-state index < -0.39 is 19.9 Å². The van der Waals surface area contributed by atoms with Crippen molar-refractivity contribution in [3.8, 4) is 0 Å². The first-order valence-corrected chi connectivity index (χ1v) is 11.0. The van der Waals surface area contributed by atoms with Crippen LogP contribution in [0.1, 0.15) is 24.6 Å². The molecule has 2 heterocycles. The summed E-state index contributed by atoms with van der Waals surface area (Å²) in [5, 5.41) is 4.87. The van der Waals surface area contributed by atoms with Crippen LogP contribution in [0.4, 0.5) is 0 Å². The fourth-order valence-corrected chi connectivity index (χ4v) is 6.44. The zero-order chi connectivity index (χ0) is 15.5. The van der Waals surface area contributed by atoms with Gasteiger partial charge in [-0.3, -0.25) is 0 Å². The molecule has 0 saturated carbocycles. The number of thiophene rings is 1. The number of hydrogen-bond donors (Lipinski definition) is 2. The lowest BCUT2D eigenvalue weighted by Crippen LogP contribution is -2.41. The molecular weight excluding hydrogens is 332 g/mol. The van der Waals surface area contributed by atoms with Gasteiger partial charge in [0.25, 0.3) is 0 Å². The van der Waals surface area contributed by atoms with Gasteiger partial charge in [-0.05, 0) is 30.8 Å². The molecule has 120 valence electrons. The zero-order valence-corrected chi connectivity index (χ0v) is 14.3. The van der Waals surface area contributed by atoms with E-state index in [9.17, 15) is 16.8 Å². The molecule has 2 rings (SSSR count). The summed E-state index contributed by atoms with van der Waals surface area (Å²) >= 11 is 1.40. The van der Waals surface area contributed by atoms with Crippen LogP contribution in [-0.2, 0) is 26.4 Å². The highest BCUT2D eigenvalue weighted by atomic mass is 32.2. The summed E-state index contributed by atoms with van der Waals surface area (Å²) < 4.78 is 50.2. The summed E-state index contributed by atoms with van der Waals surface area (Å²) in [5.41, 5.74) is 0. The van der Waals surface area contributed by atoms with Crippen LogP contribution in [0.3, 0.4) is 0 Å². The average molecular weight is 353 g/mol.